The minimum Gasteiger partial charge on any atom is -0.475 e. The standard InChI is InChI=1S/C18H24N2O3/c1-13(2)23-15-4-3-14(11-19-15)20-10-9-17(16(20)21)5-7-18(8-6-17)12-22-18/h3-4,11,13H,5-10,12H2,1-2H3. The van der Waals surface area contributed by atoms with E-state index in [4.69, 9.17) is 9.47 Å². The third-order valence-electron chi connectivity index (χ3n) is 5.57. The molecular formula is C18H24N2O3. The molecule has 1 aromatic heterocycles. The van der Waals surface area contributed by atoms with E-state index in [0.717, 1.165) is 50.9 Å². The second-order valence-electron chi connectivity index (χ2n) is 7.48. The zero-order valence-electron chi connectivity index (χ0n) is 13.9. The van der Waals surface area contributed by atoms with Crippen LogP contribution in [-0.2, 0) is 9.53 Å². The molecule has 3 fully saturated rings. The van der Waals surface area contributed by atoms with E-state index in [0.29, 0.717) is 5.88 Å². The van der Waals surface area contributed by atoms with E-state index >= 15 is 0 Å². The maximum atomic E-state index is 13.0. The predicted octanol–water partition coefficient (Wildman–Crippen LogP) is 2.93. The molecule has 0 N–H and O–H groups in total. The lowest BCUT2D eigenvalue weighted by molar-refractivity contribution is -0.127. The lowest BCUT2D eigenvalue weighted by Gasteiger charge is -2.34. The number of carbonyl (C=O) groups is 1. The van der Waals surface area contributed by atoms with Gasteiger partial charge >= 0.3 is 0 Å². The second-order valence-corrected chi connectivity index (χ2v) is 7.48. The molecule has 5 nitrogen and oxygen atoms in total. The Hall–Kier alpha value is -1.62. The Morgan fingerprint density at radius 3 is 2.52 bits per heavy atom. The summed E-state index contributed by atoms with van der Waals surface area (Å²) in [5, 5.41) is 0. The van der Waals surface area contributed by atoms with Crippen molar-refractivity contribution in [2.75, 3.05) is 18.1 Å². The lowest BCUT2D eigenvalue weighted by Crippen LogP contribution is -2.39. The van der Waals surface area contributed by atoms with Crippen LogP contribution in [0.3, 0.4) is 0 Å². The fraction of sp³-hybridized carbons (Fsp3) is 0.667. The Morgan fingerprint density at radius 2 is 1.96 bits per heavy atom. The molecule has 0 aromatic carbocycles. The van der Waals surface area contributed by atoms with Crippen LogP contribution < -0.4 is 9.64 Å². The summed E-state index contributed by atoms with van der Waals surface area (Å²) in [7, 11) is 0. The van der Waals surface area contributed by atoms with Gasteiger partial charge in [0.15, 0.2) is 0 Å². The summed E-state index contributed by atoms with van der Waals surface area (Å²) in [5.41, 5.74) is 0.853. The molecule has 0 unspecified atom stereocenters. The van der Waals surface area contributed by atoms with Crippen LogP contribution in [0.1, 0.15) is 46.0 Å². The number of anilines is 1. The van der Waals surface area contributed by atoms with Gasteiger partial charge in [0.1, 0.15) is 0 Å². The fourth-order valence-electron chi connectivity index (χ4n) is 3.95. The van der Waals surface area contributed by atoms with Gasteiger partial charge in [0.2, 0.25) is 11.8 Å². The first kappa shape index (κ1) is 14.9. The van der Waals surface area contributed by atoms with Gasteiger partial charge < -0.3 is 14.4 Å². The van der Waals surface area contributed by atoms with Crippen LogP contribution in [0.15, 0.2) is 18.3 Å². The molecule has 2 aliphatic heterocycles. The Kier molecular flexibility index (Phi) is 3.38. The second kappa shape index (κ2) is 5.20. The minimum absolute atomic E-state index is 0.101. The fourth-order valence-corrected chi connectivity index (χ4v) is 3.95. The van der Waals surface area contributed by atoms with E-state index in [2.05, 4.69) is 4.98 Å². The quantitative estimate of drug-likeness (QED) is 0.805. The molecule has 0 radical (unpaired) electrons. The Bertz CT molecular complexity index is 597. The van der Waals surface area contributed by atoms with E-state index in [9.17, 15) is 4.79 Å². The highest BCUT2D eigenvalue weighted by atomic mass is 16.6. The van der Waals surface area contributed by atoms with E-state index in [-0.39, 0.29) is 23.0 Å². The number of hydrogen-bond donors (Lipinski definition) is 0. The first-order valence-corrected chi connectivity index (χ1v) is 8.61. The highest BCUT2D eigenvalue weighted by Crippen LogP contribution is 2.53. The number of aromatic nitrogens is 1. The monoisotopic (exact) mass is 316 g/mol. The molecule has 1 saturated carbocycles. The van der Waals surface area contributed by atoms with Crippen LogP contribution in [-0.4, -0.2) is 35.7 Å². The molecule has 3 heterocycles. The van der Waals surface area contributed by atoms with Crippen molar-refractivity contribution in [1.29, 1.82) is 0 Å². The predicted molar refractivity (Wildman–Crippen MR) is 86.6 cm³/mol. The third kappa shape index (κ3) is 2.61. The van der Waals surface area contributed by atoms with Gasteiger partial charge in [-0.05, 0) is 52.0 Å². The van der Waals surface area contributed by atoms with E-state index < -0.39 is 0 Å². The molecule has 124 valence electrons. The highest BCUT2D eigenvalue weighted by molar-refractivity contribution is 5.99. The molecule has 4 rings (SSSR count). The normalized spacial score (nSPS) is 33.0. The molecule has 3 aliphatic rings. The molecule has 1 aromatic rings. The maximum absolute atomic E-state index is 13.0. The largest absolute Gasteiger partial charge is 0.475 e. The van der Waals surface area contributed by atoms with Crippen LogP contribution in [0.5, 0.6) is 5.88 Å². The SMILES string of the molecule is CC(C)Oc1ccc(N2CCC3(CCC4(CC3)CO4)C2=O)cn1. The number of nitrogens with zero attached hydrogens (tertiary/aromatic N) is 2. The summed E-state index contributed by atoms with van der Waals surface area (Å²) in [6.07, 6.45) is 6.80. The molecule has 1 amide bonds. The van der Waals surface area contributed by atoms with E-state index in [1.54, 1.807) is 6.20 Å². The average Bonchev–Trinajstić information content (AvgIpc) is 3.23. The number of ether oxygens (including phenoxy) is 2. The van der Waals surface area contributed by atoms with Gasteiger partial charge in [-0.25, -0.2) is 4.98 Å². The van der Waals surface area contributed by atoms with Crippen molar-refractivity contribution in [3.05, 3.63) is 18.3 Å². The van der Waals surface area contributed by atoms with Crippen LogP contribution in [0.4, 0.5) is 5.69 Å². The van der Waals surface area contributed by atoms with E-state index in [1.807, 2.05) is 30.9 Å². The Morgan fingerprint density at radius 1 is 1.22 bits per heavy atom. The molecule has 2 saturated heterocycles. The molecule has 2 spiro atoms. The number of pyridine rings is 1. The first-order valence-electron chi connectivity index (χ1n) is 8.61. The van der Waals surface area contributed by atoms with Crippen molar-refractivity contribution in [1.82, 2.24) is 4.98 Å². The molecular weight excluding hydrogens is 292 g/mol. The number of hydrogen-bond acceptors (Lipinski definition) is 4. The van der Waals surface area contributed by atoms with Gasteiger partial charge in [-0.2, -0.15) is 0 Å². The smallest absolute Gasteiger partial charge is 0.233 e. The van der Waals surface area contributed by atoms with E-state index in [1.165, 1.54) is 0 Å². The molecule has 5 heteroatoms. The number of epoxide rings is 1. The zero-order chi connectivity index (χ0) is 16.1. The summed E-state index contributed by atoms with van der Waals surface area (Å²) in [6.45, 7) is 5.63. The van der Waals surface area contributed by atoms with Crippen molar-refractivity contribution >= 4 is 11.6 Å². The summed E-state index contributed by atoms with van der Waals surface area (Å²) < 4.78 is 11.2. The van der Waals surface area contributed by atoms with Crippen LogP contribution >= 0.6 is 0 Å². The van der Waals surface area contributed by atoms with Crippen LogP contribution in [0.2, 0.25) is 0 Å². The van der Waals surface area contributed by atoms with Crippen LogP contribution in [0, 0.1) is 5.41 Å². The summed E-state index contributed by atoms with van der Waals surface area (Å²) in [5.74, 6) is 0.878. The lowest BCUT2D eigenvalue weighted by atomic mass is 9.69. The number of rotatable bonds is 3. The summed E-state index contributed by atoms with van der Waals surface area (Å²) in [6, 6.07) is 3.79. The molecule has 0 bridgehead atoms. The van der Waals surface area contributed by atoms with Gasteiger partial charge in [-0.15, -0.1) is 0 Å². The molecule has 23 heavy (non-hydrogen) atoms. The van der Waals surface area contributed by atoms with Gasteiger partial charge in [-0.3, -0.25) is 4.79 Å². The third-order valence-corrected chi connectivity index (χ3v) is 5.57. The number of amides is 1. The van der Waals surface area contributed by atoms with Gasteiger partial charge in [0.05, 0.1) is 35.6 Å². The molecule has 0 atom stereocenters. The topological polar surface area (TPSA) is 55.0 Å². The summed E-state index contributed by atoms with van der Waals surface area (Å²) >= 11 is 0. The Labute approximate surface area is 137 Å². The molecule has 1 aliphatic carbocycles. The number of carbonyl (C=O) groups excluding carboxylic acids is 1. The summed E-state index contributed by atoms with van der Waals surface area (Å²) in [4.78, 5) is 19.2. The first-order chi connectivity index (χ1) is 11.0. The zero-order valence-corrected chi connectivity index (χ0v) is 13.9. The van der Waals surface area contributed by atoms with Crippen molar-refractivity contribution in [3.63, 3.8) is 0 Å². The average molecular weight is 316 g/mol. The Balaban J connectivity index is 1.47. The van der Waals surface area contributed by atoms with Crippen molar-refractivity contribution in [2.24, 2.45) is 5.41 Å². The van der Waals surface area contributed by atoms with Gasteiger partial charge in [-0.1, -0.05) is 0 Å². The minimum atomic E-state index is -0.162. The van der Waals surface area contributed by atoms with Crippen molar-refractivity contribution in [3.8, 4) is 5.88 Å². The van der Waals surface area contributed by atoms with Gasteiger partial charge in [0.25, 0.3) is 0 Å². The van der Waals surface area contributed by atoms with Gasteiger partial charge in [0, 0.05) is 12.6 Å². The van der Waals surface area contributed by atoms with Crippen molar-refractivity contribution in [2.45, 2.75) is 57.7 Å². The van der Waals surface area contributed by atoms with Crippen molar-refractivity contribution < 1.29 is 14.3 Å². The van der Waals surface area contributed by atoms with Crippen LogP contribution in [0.25, 0.3) is 0 Å². The highest BCUT2D eigenvalue weighted by Gasteiger charge is 2.56. The maximum Gasteiger partial charge on any atom is 0.233 e.